The normalized spacial score (nSPS) is 26.0. The van der Waals surface area contributed by atoms with Crippen molar-refractivity contribution in [2.24, 2.45) is 11.3 Å². The van der Waals surface area contributed by atoms with Crippen molar-refractivity contribution in [3.63, 3.8) is 0 Å². The molecule has 1 saturated carbocycles. The number of urea groups is 1. The summed E-state index contributed by atoms with van der Waals surface area (Å²) in [6.07, 6.45) is 1.03. The van der Waals surface area contributed by atoms with Crippen LogP contribution in [0.2, 0.25) is 0 Å². The maximum Gasteiger partial charge on any atom is 0.326 e. The van der Waals surface area contributed by atoms with Crippen LogP contribution in [0.4, 0.5) is 4.79 Å². The van der Waals surface area contributed by atoms with Crippen molar-refractivity contribution in [2.45, 2.75) is 72.4 Å². The third kappa shape index (κ3) is 4.65. The van der Waals surface area contributed by atoms with E-state index in [1.165, 1.54) is 6.92 Å². The number of carbonyl (C=O) groups is 4. The molecule has 168 valence electrons. The first-order valence-corrected chi connectivity index (χ1v) is 10.8. The van der Waals surface area contributed by atoms with Crippen LogP contribution in [0.1, 0.15) is 68.4 Å². The predicted molar refractivity (Wildman–Crippen MR) is 116 cm³/mol. The van der Waals surface area contributed by atoms with Crippen LogP contribution in [0.5, 0.6) is 0 Å². The van der Waals surface area contributed by atoms with Gasteiger partial charge in [-0.05, 0) is 63.0 Å². The minimum absolute atomic E-state index is 0.0935. The molecule has 1 saturated heterocycles. The van der Waals surface area contributed by atoms with E-state index in [-0.39, 0.29) is 23.0 Å². The number of carbonyl (C=O) groups excluding carboxylic acids is 4. The average Bonchev–Trinajstić information content (AvgIpc) is 2.84. The van der Waals surface area contributed by atoms with Crippen LogP contribution in [0.25, 0.3) is 0 Å². The largest absolute Gasteiger partial charge is 0.453 e. The second-order valence-electron chi connectivity index (χ2n) is 10.1. The SMILES string of the molecule is Cc1ccc(C)c(C(=O)[C@H](C)OC(=O)CN2C(=O)N[C@]3(C[C@H](C)CC(C)(C)C3)C2=O)c1. The van der Waals surface area contributed by atoms with E-state index in [9.17, 15) is 19.2 Å². The summed E-state index contributed by atoms with van der Waals surface area (Å²) >= 11 is 0. The Hall–Kier alpha value is -2.70. The zero-order chi connectivity index (χ0) is 23.1. The van der Waals surface area contributed by atoms with Gasteiger partial charge in [0.1, 0.15) is 12.1 Å². The molecule has 2 fully saturated rings. The number of ether oxygens (including phenoxy) is 1. The number of hydrogen-bond donors (Lipinski definition) is 1. The number of esters is 1. The average molecular weight is 429 g/mol. The van der Waals surface area contributed by atoms with Gasteiger partial charge in [-0.1, -0.05) is 38.5 Å². The number of imide groups is 1. The van der Waals surface area contributed by atoms with E-state index in [4.69, 9.17) is 4.74 Å². The molecule has 1 N–H and O–H groups in total. The van der Waals surface area contributed by atoms with Crippen molar-refractivity contribution in [1.82, 2.24) is 10.2 Å². The Balaban J connectivity index is 1.68. The summed E-state index contributed by atoms with van der Waals surface area (Å²) in [5.41, 5.74) is 1.15. The summed E-state index contributed by atoms with van der Waals surface area (Å²) in [5, 5.41) is 2.84. The quantitative estimate of drug-likeness (QED) is 0.440. The van der Waals surface area contributed by atoms with E-state index >= 15 is 0 Å². The van der Waals surface area contributed by atoms with Crippen LogP contribution in [0.3, 0.4) is 0 Å². The summed E-state index contributed by atoms with van der Waals surface area (Å²) in [4.78, 5) is 51.9. The molecule has 0 radical (unpaired) electrons. The summed E-state index contributed by atoms with van der Waals surface area (Å²) in [6, 6.07) is 4.93. The first kappa shape index (κ1) is 23.0. The number of amides is 3. The van der Waals surface area contributed by atoms with Crippen molar-refractivity contribution in [3.05, 3.63) is 34.9 Å². The molecule has 0 bridgehead atoms. The van der Waals surface area contributed by atoms with Gasteiger partial charge in [-0.25, -0.2) is 4.79 Å². The molecule has 1 heterocycles. The maximum atomic E-state index is 13.2. The first-order chi connectivity index (χ1) is 14.3. The standard InChI is InChI=1S/C24H32N2O5/c1-14-7-8-16(3)18(9-14)20(28)17(4)31-19(27)12-26-21(29)24(25-22(26)30)11-15(2)10-23(5,6)13-24/h7-9,15,17H,10-13H2,1-6H3,(H,25,30)/t15-,17+,24+/m1/s1. The number of aryl methyl sites for hydroxylation is 2. The van der Waals surface area contributed by atoms with Crippen LogP contribution < -0.4 is 5.32 Å². The van der Waals surface area contributed by atoms with Crippen molar-refractivity contribution < 1.29 is 23.9 Å². The van der Waals surface area contributed by atoms with Gasteiger partial charge in [0, 0.05) is 5.56 Å². The van der Waals surface area contributed by atoms with Crippen LogP contribution in [0, 0.1) is 25.2 Å². The number of ketones is 1. The van der Waals surface area contributed by atoms with Gasteiger partial charge in [-0.3, -0.25) is 19.3 Å². The van der Waals surface area contributed by atoms with Gasteiger partial charge in [-0.2, -0.15) is 0 Å². The molecule has 3 atom stereocenters. The molecule has 31 heavy (non-hydrogen) atoms. The molecule has 0 unspecified atom stereocenters. The van der Waals surface area contributed by atoms with E-state index < -0.39 is 30.2 Å². The number of hydrogen-bond acceptors (Lipinski definition) is 5. The summed E-state index contributed by atoms with van der Waals surface area (Å²) < 4.78 is 5.30. The molecule has 0 aromatic heterocycles. The zero-order valence-corrected chi connectivity index (χ0v) is 19.2. The van der Waals surface area contributed by atoms with E-state index in [1.54, 1.807) is 6.07 Å². The minimum atomic E-state index is -1.02. The first-order valence-electron chi connectivity index (χ1n) is 10.8. The second-order valence-corrected chi connectivity index (χ2v) is 10.1. The molecule has 3 rings (SSSR count). The van der Waals surface area contributed by atoms with Gasteiger partial charge in [0.05, 0.1) is 0 Å². The Kier molecular flexibility index (Phi) is 6.00. The fourth-order valence-corrected chi connectivity index (χ4v) is 5.29. The molecular weight excluding hydrogens is 396 g/mol. The fraction of sp³-hybridized carbons (Fsp3) is 0.583. The Morgan fingerprint density at radius 3 is 2.55 bits per heavy atom. The monoisotopic (exact) mass is 428 g/mol. The molecule has 1 spiro atoms. The number of nitrogens with zero attached hydrogens (tertiary/aromatic N) is 1. The third-order valence-corrected chi connectivity index (χ3v) is 6.25. The summed E-state index contributed by atoms with van der Waals surface area (Å²) in [6.45, 7) is 10.9. The lowest BCUT2D eigenvalue weighted by molar-refractivity contribution is -0.150. The van der Waals surface area contributed by atoms with Crippen molar-refractivity contribution in [3.8, 4) is 0 Å². The molecule has 1 aliphatic carbocycles. The van der Waals surface area contributed by atoms with Crippen LogP contribution in [0.15, 0.2) is 18.2 Å². The third-order valence-electron chi connectivity index (χ3n) is 6.25. The van der Waals surface area contributed by atoms with Crippen molar-refractivity contribution in [2.75, 3.05) is 6.54 Å². The van der Waals surface area contributed by atoms with Crippen LogP contribution in [-0.4, -0.2) is 46.8 Å². The highest BCUT2D eigenvalue weighted by Gasteiger charge is 2.56. The smallest absolute Gasteiger partial charge is 0.326 e. The van der Waals surface area contributed by atoms with Crippen LogP contribution in [-0.2, 0) is 14.3 Å². The van der Waals surface area contributed by atoms with Gasteiger partial charge in [0.25, 0.3) is 5.91 Å². The lowest BCUT2D eigenvalue weighted by Gasteiger charge is -2.43. The second kappa shape index (κ2) is 8.09. The number of nitrogens with one attached hydrogen (secondary N) is 1. The maximum absolute atomic E-state index is 13.2. The lowest BCUT2D eigenvalue weighted by atomic mass is 9.64. The molecule has 7 heteroatoms. The minimum Gasteiger partial charge on any atom is -0.453 e. The molecular formula is C24H32N2O5. The van der Waals surface area contributed by atoms with E-state index in [2.05, 4.69) is 26.1 Å². The molecule has 2 aliphatic rings. The highest BCUT2D eigenvalue weighted by molar-refractivity contribution is 6.09. The Morgan fingerprint density at radius 2 is 1.90 bits per heavy atom. The van der Waals surface area contributed by atoms with Gasteiger partial charge in [0.2, 0.25) is 5.78 Å². The molecule has 3 amide bonds. The van der Waals surface area contributed by atoms with Crippen LogP contribution >= 0.6 is 0 Å². The van der Waals surface area contributed by atoms with E-state index in [1.807, 2.05) is 26.0 Å². The molecule has 1 aliphatic heterocycles. The Morgan fingerprint density at radius 1 is 1.23 bits per heavy atom. The van der Waals surface area contributed by atoms with E-state index in [0.717, 1.165) is 22.4 Å². The van der Waals surface area contributed by atoms with E-state index in [0.29, 0.717) is 18.4 Å². The van der Waals surface area contributed by atoms with Crippen molar-refractivity contribution in [1.29, 1.82) is 0 Å². The van der Waals surface area contributed by atoms with Gasteiger partial charge >= 0.3 is 12.0 Å². The topological polar surface area (TPSA) is 92.8 Å². The Bertz CT molecular complexity index is 938. The molecule has 1 aromatic carbocycles. The summed E-state index contributed by atoms with van der Waals surface area (Å²) in [5.74, 6) is -1.21. The highest BCUT2D eigenvalue weighted by Crippen LogP contribution is 2.46. The lowest BCUT2D eigenvalue weighted by Crippen LogP contribution is -2.54. The predicted octanol–water partition coefficient (Wildman–Crippen LogP) is 3.55. The number of rotatable bonds is 5. The Labute approximate surface area is 183 Å². The fourth-order valence-electron chi connectivity index (χ4n) is 5.29. The van der Waals surface area contributed by atoms with Gasteiger partial charge in [-0.15, -0.1) is 0 Å². The number of benzene rings is 1. The van der Waals surface area contributed by atoms with Gasteiger partial charge < -0.3 is 10.1 Å². The van der Waals surface area contributed by atoms with Gasteiger partial charge in [0.15, 0.2) is 6.10 Å². The van der Waals surface area contributed by atoms with Crippen molar-refractivity contribution >= 4 is 23.7 Å². The molecule has 1 aromatic rings. The highest BCUT2D eigenvalue weighted by atomic mass is 16.5. The summed E-state index contributed by atoms with van der Waals surface area (Å²) in [7, 11) is 0. The number of Topliss-reactive ketones (excluding diaryl/α,β-unsaturated/α-hetero) is 1. The zero-order valence-electron chi connectivity index (χ0n) is 19.2. The molecule has 7 nitrogen and oxygen atoms in total.